The molecule has 80 valence electrons. The van der Waals surface area contributed by atoms with Gasteiger partial charge in [0.2, 0.25) is 5.91 Å². The average Bonchev–Trinajstić information content (AvgIpc) is 2.62. The zero-order chi connectivity index (χ0) is 10.6. The van der Waals surface area contributed by atoms with Gasteiger partial charge in [-0.1, -0.05) is 0 Å². The number of rotatable bonds is 4. The van der Waals surface area contributed by atoms with Gasteiger partial charge in [-0.2, -0.15) is 0 Å². The number of nitrogens with zero attached hydrogens (tertiary/aromatic N) is 1. The van der Waals surface area contributed by atoms with Crippen LogP contribution >= 0.6 is 11.8 Å². The topological polar surface area (TPSA) is 66.8 Å². The molecule has 1 fully saturated rings. The summed E-state index contributed by atoms with van der Waals surface area (Å²) in [7, 11) is 0. The third kappa shape index (κ3) is 2.62. The molecule has 1 rings (SSSR count). The summed E-state index contributed by atoms with van der Waals surface area (Å²) in [4.78, 5) is 23.5. The van der Waals surface area contributed by atoms with Crippen LogP contribution in [0.25, 0.3) is 0 Å². The van der Waals surface area contributed by atoms with Crippen molar-refractivity contribution in [2.24, 2.45) is 0 Å². The Morgan fingerprint density at radius 1 is 1.64 bits per heavy atom. The third-order valence-electron chi connectivity index (χ3n) is 1.92. The molecule has 1 unspecified atom stereocenters. The second kappa shape index (κ2) is 5.21. The molecule has 0 radical (unpaired) electrons. The van der Waals surface area contributed by atoms with Gasteiger partial charge < -0.3 is 14.7 Å². The highest BCUT2D eigenvalue weighted by Crippen LogP contribution is 2.20. The molecule has 5 nitrogen and oxygen atoms in total. The number of amides is 1. The van der Waals surface area contributed by atoms with Crippen molar-refractivity contribution in [2.45, 2.75) is 13.0 Å². The van der Waals surface area contributed by atoms with E-state index in [0.29, 0.717) is 18.2 Å². The minimum atomic E-state index is -0.945. The summed E-state index contributed by atoms with van der Waals surface area (Å²) in [6.07, 6.45) is 0. The number of hydrogen-bond acceptors (Lipinski definition) is 4. The summed E-state index contributed by atoms with van der Waals surface area (Å²) in [5, 5.41) is 8.81. The smallest absolute Gasteiger partial charge is 0.327 e. The summed E-state index contributed by atoms with van der Waals surface area (Å²) in [6, 6.07) is -0.687. The normalized spacial score (nSPS) is 21.2. The zero-order valence-corrected chi connectivity index (χ0v) is 8.75. The van der Waals surface area contributed by atoms with Crippen LogP contribution < -0.4 is 0 Å². The van der Waals surface area contributed by atoms with E-state index in [2.05, 4.69) is 0 Å². The average molecular weight is 219 g/mol. The maximum Gasteiger partial charge on any atom is 0.327 e. The number of carboxylic acid groups (broad SMARTS) is 1. The molecule has 1 atom stereocenters. The van der Waals surface area contributed by atoms with Gasteiger partial charge in [0.25, 0.3) is 0 Å². The van der Waals surface area contributed by atoms with Gasteiger partial charge in [0.15, 0.2) is 0 Å². The van der Waals surface area contributed by atoms with E-state index in [0.717, 1.165) is 0 Å². The van der Waals surface area contributed by atoms with E-state index >= 15 is 0 Å². The first-order valence-electron chi connectivity index (χ1n) is 4.34. The first-order valence-corrected chi connectivity index (χ1v) is 5.50. The van der Waals surface area contributed by atoms with Crippen LogP contribution in [0.5, 0.6) is 0 Å². The maximum atomic E-state index is 11.4. The number of aliphatic carboxylic acids is 1. The minimum Gasteiger partial charge on any atom is -0.480 e. The van der Waals surface area contributed by atoms with Crippen molar-refractivity contribution < 1.29 is 19.4 Å². The molecule has 14 heavy (non-hydrogen) atoms. The molecule has 1 amide bonds. The van der Waals surface area contributed by atoms with Crippen LogP contribution in [0.2, 0.25) is 0 Å². The Morgan fingerprint density at radius 2 is 2.36 bits per heavy atom. The predicted molar refractivity (Wildman–Crippen MR) is 52.1 cm³/mol. The van der Waals surface area contributed by atoms with Crippen molar-refractivity contribution in [3.63, 3.8) is 0 Å². The minimum absolute atomic E-state index is 0.0269. The van der Waals surface area contributed by atoms with E-state index in [9.17, 15) is 9.59 Å². The van der Waals surface area contributed by atoms with Gasteiger partial charge in [-0.25, -0.2) is 4.79 Å². The van der Waals surface area contributed by atoms with E-state index in [1.165, 1.54) is 16.7 Å². The maximum absolute atomic E-state index is 11.4. The lowest BCUT2D eigenvalue weighted by Crippen LogP contribution is -2.43. The zero-order valence-electron chi connectivity index (χ0n) is 7.93. The van der Waals surface area contributed by atoms with Crippen molar-refractivity contribution in [2.75, 3.05) is 24.8 Å². The van der Waals surface area contributed by atoms with Gasteiger partial charge in [0, 0.05) is 12.4 Å². The number of carbonyl (C=O) groups is 2. The van der Waals surface area contributed by atoms with Crippen molar-refractivity contribution >= 4 is 23.6 Å². The molecule has 1 aliphatic heterocycles. The summed E-state index contributed by atoms with van der Waals surface area (Å²) in [5.41, 5.74) is 0. The standard InChI is InChI=1S/C8H13NO4S/c1-2-13-3-7(10)9-5-14-4-6(9)8(11)12/h6H,2-5H2,1H3,(H,11,12). The highest BCUT2D eigenvalue weighted by molar-refractivity contribution is 7.99. The molecular formula is C8H13NO4S. The molecule has 1 heterocycles. The lowest BCUT2D eigenvalue weighted by atomic mass is 10.3. The highest BCUT2D eigenvalue weighted by atomic mass is 32.2. The Morgan fingerprint density at radius 3 is 2.93 bits per heavy atom. The van der Waals surface area contributed by atoms with Gasteiger partial charge in [-0.15, -0.1) is 11.8 Å². The number of ether oxygens (including phenoxy) is 1. The van der Waals surface area contributed by atoms with Crippen LogP contribution in [0.3, 0.4) is 0 Å². The molecule has 1 aliphatic rings. The summed E-state index contributed by atoms with van der Waals surface area (Å²) in [6.45, 7) is 2.23. The van der Waals surface area contributed by atoms with E-state index in [1.54, 1.807) is 6.92 Å². The Bertz CT molecular complexity index is 233. The van der Waals surface area contributed by atoms with Crippen LogP contribution in [-0.4, -0.2) is 52.8 Å². The fourth-order valence-corrected chi connectivity index (χ4v) is 2.34. The van der Waals surface area contributed by atoms with Crippen LogP contribution in [0, 0.1) is 0 Å². The quantitative estimate of drug-likeness (QED) is 0.721. The van der Waals surface area contributed by atoms with E-state index in [4.69, 9.17) is 9.84 Å². The molecule has 0 saturated carbocycles. The van der Waals surface area contributed by atoms with Gasteiger partial charge in [-0.05, 0) is 6.92 Å². The molecular weight excluding hydrogens is 206 g/mol. The SMILES string of the molecule is CCOCC(=O)N1CSCC1C(=O)O. The number of hydrogen-bond donors (Lipinski definition) is 1. The summed E-state index contributed by atoms with van der Waals surface area (Å²) in [5.74, 6) is -0.278. The van der Waals surface area contributed by atoms with Crippen LogP contribution in [0.15, 0.2) is 0 Å². The molecule has 1 saturated heterocycles. The molecule has 0 aliphatic carbocycles. The molecule has 0 bridgehead atoms. The lowest BCUT2D eigenvalue weighted by molar-refractivity contribution is -0.149. The first kappa shape index (κ1) is 11.3. The largest absolute Gasteiger partial charge is 0.480 e. The van der Waals surface area contributed by atoms with Gasteiger partial charge in [-0.3, -0.25) is 4.79 Å². The predicted octanol–water partition coefficient (Wildman–Crippen LogP) is 0.00900. The van der Waals surface area contributed by atoms with E-state index < -0.39 is 12.0 Å². The number of carboxylic acids is 1. The lowest BCUT2D eigenvalue weighted by Gasteiger charge is -2.19. The third-order valence-corrected chi connectivity index (χ3v) is 2.93. The monoisotopic (exact) mass is 219 g/mol. The first-order chi connectivity index (χ1) is 6.66. The number of carbonyl (C=O) groups excluding carboxylic acids is 1. The van der Waals surface area contributed by atoms with Crippen molar-refractivity contribution in [3.8, 4) is 0 Å². The molecule has 1 N–H and O–H groups in total. The molecule has 0 aromatic heterocycles. The Kier molecular flexibility index (Phi) is 4.21. The Labute approximate surface area is 86.4 Å². The summed E-state index contributed by atoms with van der Waals surface area (Å²) >= 11 is 1.45. The second-order valence-corrected chi connectivity index (χ2v) is 3.85. The highest BCUT2D eigenvalue weighted by Gasteiger charge is 2.34. The van der Waals surface area contributed by atoms with E-state index in [1.807, 2.05) is 0 Å². The summed E-state index contributed by atoms with van der Waals surface area (Å²) < 4.78 is 4.94. The fourth-order valence-electron chi connectivity index (χ4n) is 1.17. The fraction of sp³-hybridized carbons (Fsp3) is 0.750. The van der Waals surface area contributed by atoms with Gasteiger partial charge >= 0.3 is 5.97 Å². The van der Waals surface area contributed by atoms with Crippen molar-refractivity contribution in [3.05, 3.63) is 0 Å². The van der Waals surface area contributed by atoms with Crippen molar-refractivity contribution in [1.29, 1.82) is 0 Å². The molecule has 0 spiro atoms. The van der Waals surface area contributed by atoms with Crippen LogP contribution in [0.1, 0.15) is 6.92 Å². The Hall–Kier alpha value is -0.750. The molecule has 0 aromatic carbocycles. The van der Waals surface area contributed by atoms with Gasteiger partial charge in [0.1, 0.15) is 12.6 Å². The van der Waals surface area contributed by atoms with Crippen LogP contribution in [-0.2, 0) is 14.3 Å². The molecule has 6 heteroatoms. The van der Waals surface area contributed by atoms with E-state index in [-0.39, 0.29) is 12.5 Å². The number of thioether (sulfide) groups is 1. The van der Waals surface area contributed by atoms with Crippen molar-refractivity contribution in [1.82, 2.24) is 4.90 Å². The Balaban J connectivity index is 2.49. The molecule has 0 aromatic rings. The van der Waals surface area contributed by atoms with Gasteiger partial charge in [0.05, 0.1) is 5.88 Å². The van der Waals surface area contributed by atoms with Crippen LogP contribution in [0.4, 0.5) is 0 Å². The second-order valence-electron chi connectivity index (χ2n) is 2.85.